The van der Waals surface area contributed by atoms with Crippen molar-refractivity contribution in [2.24, 2.45) is 11.1 Å². The number of nitro benzene ring substituents is 1. The van der Waals surface area contributed by atoms with E-state index in [-0.39, 0.29) is 24.7 Å². The van der Waals surface area contributed by atoms with Crippen LogP contribution in [0.2, 0.25) is 0 Å². The van der Waals surface area contributed by atoms with Crippen molar-refractivity contribution < 1.29 is 10.0 Å². The van der Waals surface area contributed by atoms with Crippen molar-refractivity contribution in [3.05, 3.63) is 39.9 Å². The van der Waals surface area contributed by atoms with Gasteiger partial charge in [0.15, 0.2) is 0 Å². The molecule has 0 spiro atoms. The van der Waals surface area contributed by atoms with Crippen molar-refractivity contribution in [2.45, 2.75) is 19.9 Å². The summed E-state index contributed by atoms with van der Waals surface area (Å²) in [6, 6.07) is 5.76. The maximum Gasteiger partial charge on any atom is 0.269 e. The number of rotatable bonds is 4. The molecule has 3 N–H and O–H groups in total. The third kappa shape index (κ3) is 3.66. The second-order valence-corrected chi connectivity index (χ2v) is 4.48. The Morgan fingerprint density at radius 2 is 2.12 bits per heavy atom. The van der Waals surface area contributed by atoms with Gasteiger partial charge in [-0.2, -0.15) is 0 Å². The van der Waals surface area contributed by atoms with Crippen LogP contribution in [-0.2, 0) is 0 Å². The molecule has 0 radical (unpaired) electrons. The van der Waals surface area contributed by atoms with E-state index in [1.807, 2.05) is 13.8 Å². The van der Waals surface area contributed by atoms with Crippen LogP contribution in [0.4, 0.5) is 5.69 Å². The summed E-state index contributed by atoms with van der Waals surface area (Å²) in [7, 11) is 0. The zero-order chi connectivity index (χ0) is 12.3. The number of benzene rings is 1. The summed E-state index contributed by atoms with van der Waals surface area (Å²) in [6.07, 6.45) is 0. The van der Waals surface area contributed by atoms with Gasteiger partial charge >= 0.3 is 0 Å². The van der Waals surface area contributed by atoms with Crippen molar-refractivity contribution in [1.82, 2.24) is 0 Å². The highest BCUT2D eigenvalue weighted by molar-refractivity contribution is 5.85. The maximum atomic E-state index is 10.6. The quantitative estimate of drug-likeness (QED) is 0.640. The lowest BCUT2D eigenvalue weighted by molar-refractivity contribution is -0.384. The van der Waals surface area contributed by atoms with Crippen molar-refractivity contribution in [3.63, 3.8) is 0 Å². The molecule has 6 heteroatoms. The van der Waals surface area contributed by atoms with Crippen LogP contribution in [0.3, 0.4) is 0 Å². The molecule has 0 aliphatic rings. The van der Waals surface area contributed by atoms with Gasteiger partial charge in [-0.1, -0.05) is 26.0 Å². The van der Waals surface area contributed by atoms with Crippen LogP contribution >= 0.6 is 12.4 Å². The van der Waals surface area contributed by atoms with Crippen LogP contribution in [0.15, 0.2) is 24.3 Å². The monoisotopic (exact) mass is 260 g/mol. The first-order valence-corrected chi connectivity index (χ1v) is 4.99. The average Bonchev–Trinajstić information content (AvgIpc) is 2.28. The molecule has 0 unspecified atom stereocenters. The van der Waals surface area contributed by atoms with E-state index >= 15 is 0 Å². The fourth-order valence-corrected chi connectivity index (χ4v) is 1.38. The molecule has 5 nitrogen and oxygen atoms in total. The third-order valence-electron chi connectivity index (χ3n) is 2.69. The third-order valence-corrected chi connectivity index (χ3v) is 2.69. The Labute approximate surface area is 106 Å². The maximum absolute atomic E-state index is 10.6. The lowest BCUT2D eigenvalue weighted by Gasteiger charge is -2.29. The minimum absolute atomic E-state index is 0. The largest absolute Gasteiger partial charge is 0.396 e. The normalized spacial score (nSPS) is 12.7. The summed E-state index contributed by atoms with van der Waals surface area (Å²) in [4.78, 5) is 10.2. The minimum Gasteiger partial charge on any atom is -0.396 e. The molecule has 0 bridgehead atoms. The van der Waals surface area contributed by atoms with E-state index in [1.54, 1.807) is 12.1 Å². The fourth-order valence-electron chi connectivity index (χ4n) is 1.38. The van der Waals surface area contributed by atoms with Crippen molar-refractivity contribution in [1.29, 1.82) is 0 Å². The van der Waals surface area contributed by atoms with E-state index in [1.165, 1.54) is 12.1 Å². The molecule has 17 heavy (non-hydrogen) atoms. The Morgan fingerprint density at radius 3 is 2.59 bits per heavy atom. The molecular weight excluding hydrogens is 244 g/mol. The van der Waals surface area contributed by atoms with Crippen LogP contribution < -0.4 is 5.73 Å². The number of hydrogen-bond donors (Lipinski definition) is 2. The Balaban J connectivity index is 0.00000256. The highest BCUT2D eigenvalue weighted by Crippen LogP contribution is 2.31. The molecular formula is C11H17ClN2O3. The van der Waals surface area contributed by atoms with Crippen molar-refractivity contribution in [3.8, 4) is 0 Å². The summed E-state index contributed by atoms with van der Waals surface area (Å²) in [5, 5.41) is 19.8. The van der Waals surface area contributed by atoms with Crippen LogP contribution in [-0.4, -0.2) is 16.6 Å². The summed E-state index contributed by atoms with van der Waals surface area (Å²) in [5.74, 6) is 0. The molecule has 1 rings (SSSR count). The molecule has 0 fully saturated rings. The van der Waals surface area contributed by atoms with E-state index in [4.69, 9.17) is 5.73 Å². The van der Waals surface area contributed by atoms with E-state index < -0.39 is 16.4 Å². The summed E-state index contributed by atoms with van der Waals surface area (Å²) in [6.45, 7) is 3.56. The first kappa shape index (κ1) is 15.8. The van der Waals surface area contributed by atoms with Gasteiger partial charge in [0.05, 0.1) is 4.92 Å². The summed E-state index contributed by atoms with van der Waals surface area (Å²) >= 11 is 0. The number of aliphatic hydroxyl groups excluding tert-OH is 1. The van der Waals surface area contributed by atoms with Gasteiger partial charge in [0.1, 0.15) is 0 Å². The van der Waals surface area contributed by atoms with Crippen LogP contribution in [0.1, 0.15) is 25.5 Å². The molecule has 0 heterocycles. The summed E-state index contributed by atoms with van der Waals surface area (Å²) < 4.78 is 0. The van der Waals surface area contributed by atoms with Crippen molar-refractivity contribution >= 4 is 18.1 Å². The highest BCUT2D eigenvalue weighted by Gasteiger charge is 2.27. The smallest absolute Gasteiger partial charge is 0.269 e. The predicted octanol–water partition coefficient (Wildman–Crippen LogP) is 2.03. The molecule has 0 aliphatic heterocycles. The second-order valence-electron chi connectivity index (χ2n) is 4.48. The zero-order valence-corrected chi connectivity index (χ0v) is 10.6. The Bertz CT molecular complexity index is 396. The van der Waals surface area contributed by atoms with Gasteiger partial charge in [0, 0.05) is 30.2 Å². The molecule has 0 amide bonds. The van der Waals surface area contributed by atoms with Gasteiger partial charge in [-0.25, -0.2) is 0 Å². The number of hydrogen-bond acceptors (Lipinski definition) is 4. The van der Waals surface area contributed by atoms with E-state index in [0.717, 1.165) is 0 Å². The van der Waals surface area contributed by atoms with E-state index in [9.17, 15) is 15.2 Å². The zero-order valence-electron chi connectivity index (χ0n) is 9.79. The Hall–Kier alpha value is -1.17. The van der Waals surface area contributed by atoms with Gasteiger partial charge in [-0.15, -0.1) is 12.4 Å². The summed E-state index contributed by atoms with van der Waals surface area (Å²) in [5.41, 5.74) is 6.14. The van der Waals surface area contributed by atoms with Gasteiger partial charge in [-0.05, 0) is 5.56 Å². The number of aliphatic hydroxyl groups is 1. The Kier molecular flexibility index (Phi) is 5.54. The minimum atomic E-state index is -0.505. The van der Waals surface area contributed by atoms with E-state index in [2.05, 4.69) is 0 Å². The molecule has 96 valence electrons. The fraction of sp³-hybridized carbons (Fsp3) is 0.455. The molecule has 0 saturated heterocycles. The standard InChI is InChI=1S/C11H16N2O3.ClH/c1-11(2,7-14)10(12)8-4-3-5-9(6-8)13(15)16;/h3-6,10,14H,7,12H2,1-2H3;1H/t10-;/m1./s1. The molecule has 0 aromatic heterocycles. The topological polar surface area (TPSA) is 89.4 Å². The average molecular weight is 261 g/mol. The first-order chi connectivity index (χ1) is 7.38. The number of non-ortho nitro benzene ring substituents is 1. The molecule has 0 saturated carbocycles. The molecule has 0 aliphatic carbocycles. The Morgan fingerprint density at radius 1 is 1.53 bits per heavy atom. The van der Waals surface area contributed by atoms with Gasteiger partial charge in [0.25, 0.3) is 5.69 Å². The van der Waals surface area contributed by atoms with Crippen LogP contribution in [0.5, 0.6) is 0 Å². The SMILES string of the molecule is CC(C)(CO)[C@H](N)c1cccc([N+](=O)[O-])c1.Cl. The predicted molar refractivity (Wildman–Crippen MR) is 68.1 cm³/mol. The van der Waals surface area contributed by atoms with Crippen LogP contribution in [0, 0.1) is 15.5 Å². The second kappa shape index (κ2) is 5.95. The van der Waals surface area contributed by atoms with Gasteiger partial charge in [0.2, 0.25) is 0 Å². The van der Waals surface area contributed by atoms with E-state index in [0.29, 0.717) is 5.56 Å². The van der Waals surface area contributed by atoms with Gasteiger partial charge in [-0.3, -0.25) is 10.1 Å². The molecule has 1 atom stereocenters. The number of nitro groups is 1. The number of nitrogens with zero attached hydrogens (tertiary/aromatic N) is 1. The molecule has 1 aromatic rings. The van der Waals surface area contributed by atoms with Crippen molar-refractivity contribution in [2.75, 3.05) is 6.61 Å². The first-order valence-electron chi connectivity index (χ1n) is 4.99. The van der Waals surface area contributed by atoms with Crippen LogP contribution in [0.25, 0.3) is 0 Å². The highest BCUT2D eigenvalue weighted by atomic mass is 35.5. The lowest BCUT2D eigenvalue weighted by Crippen LogP contribution is -2.32. The number of nitrogens with two attached hydrogens (primary N) is 1. The van der Waals surface area contributed by atoms with Gasteiger partial charge < -0.3 is 10.8 Å². The number of halogens is 1. The molecule has 1 aromatic carbocycles. The lowest BCUT2D eigenvalue weighted by atomic mass is 9.82.